The summed E-state index contributed by atoms with van der Waals surface area (Å²) < 4.78 is 1.78. The van der Waals surface area contributed by atoms with E-state index < -0.39 is 5.97 Å². The van der Waals surface area contributed by atoms with Gasteiger partial charge in [0, 0.05) is 18.7 Å². The molecule has 4 rings (SSSR count). The van der Waals surface area contributed by atoms with Gasteiger partial charge in [-0.05, 0) is 6.08 Å². The molecule has 1 N–H and O–H groups in total. The summed E-state index contributed by atoms with van der Waals surface area (Å²) in [6.45, 7) is 0.677. The standard InChI is InChI=1S/C14H12N4O4S.Na.H/c1-16-4-10-15-7(3-17(10)5-11(16)19)2-8-12(20)18-9(14(21)22)6-23-13(8)18;;/h2-3,6,13H,4-5H2,1H3,(H,21,22);;/q;+1;-1/b8-2+;;. The Morgan fingerprint density at radius 2 is 2.21 bits per heavy atom. The summed E-state index contributed by atoms with van der Waals surface area (Å²) in [7, 11) is 1.72. The second-order valence-corrected chi connectivity index (χ2v) is 6.49. The van der Waals surface area contributed by atoms with Crippen molar-refractivity contribution in [2.45, 2.75) is 18.5 Å². The number of aliphatic carboxylic acids is 1. The van der Waals surface area contributed by atoms with Crippen LogP contribution in [0.4, 0.5) is 0 Å². The molecule has 1 aromatic heterocycles. The third-order valence-corrected chi connectivity index (χ3v) is 5.13. The Hall–Kier alpha value is -1.55. The monoisotopic (exact) mass is 356 g/mol. The zero-order valence-corrected chi connectivity index (χ0v) is 15.9. The third kappa shape index (κ3) is 2.52. The molecule has 0 radical (unpaired) electrons. The van der Waals surface area contributed by atoms with Crippen LogP contribution in [0.15, 0.2) is 22.9 Å². The molecule has 1 aromatic rings. The van der Waals surface area contributed by atoms with Crippen LogP contribution in [-0.4, -0.2) is 54.7 Å². The van der Waals surface area contributed by atoms with Crippen LogP contribution < -0.4 is 29.6 Å². The summed E-state index contributed by atoms with van der Waals surface area (Å²) in [6, 6.07) is 0. The number of aromatic nitrogens is 2. The topological polar surface area (TPSA) is 95.7 Å². The van der Waals surface area contributed by atoms with Crippen molar-refractivity contribution in [3.63, 3.8) is 0 Å². The zero-order chi connectivity index (χ0) is 16.3. The van der Waals surface area contributed by atoms with E-state index in [-0.39, 0.29) is 60.4 Å². The number of carboxylic acids is 1. The number of carboxylic acid groups (broad SMARTS) is 1. The van der Waals surface area contributed by atoms with E-state index in [0.29, 0.717) is 17.8 Å². The minimum Gasteiger partial charge on any atom is -1.00 e. The number of thioether (sulfide) groups is 1. The number of imidazole rings is 1. The maximum Gasteiger partial charge on any atom is 1.00 e. The van der Waals surface area contributed by atoms with Crippen LogP contribution >= 0.6 is 11.8 Å². The summed E-state index contributed by atoms with van der Waals surface area (Å²) in [4.78, 5) is 42.2. The largest absolute Gasteiger partial charge is 1.00 e. The Morgan fingerprint density at radius 3 is 2.92 bits per heavy atom. The molecule has 0 bridgehead atoms. The summed E-state index contributed by atoms with van der Waals surface area (Å²) in [6.07, 6.45) is 3.42. The number of fused-ring (bicyclic) bond motifs is 2. The van der Waals surface area contributed by atoms with Gasteiger partial charge in [-0.2, -0.15) is 0 Å². The summed E-state index contributed by atoms with van der Waals surface area (Å²) in [5.74, 6) is -0.633. The summed E-state index contributed by atoms with van der Waals surface area (Å²) >= 11 is 1.29. The van der Waals surface area contributed by atoms with Crippen molar-refractivity contribution in [3.05, 3.63) is 34.4 Å². The fraction of sp³-hybridized carbons (Fsp3) is 0.286. The molecule has 0 saturated carbocycles. The van der Waals surface area contributed by atoms with Crippen LogP contribution in [0.25, 0.3) is 6.08 Å². The van der Waals surface area contributed by atoms with E-state index in [1.165, 1.54) is 22.1 Å². The molecule has 3 aliphatic rings. The third-order valence-electron chi connectivity index (χ3n) is 4.04. The first-order valence-corrected chi connectivity index (χ1v) is 7.84. The van der Waals surface area contributed by atoms with Gasteiger partial charge in [-0.15, -0.1) is 11.8 Å². The SMILES string of the molecule is CN1Cc2nc(/C=C3\C(=O)N4C(C(=O)O)=CSC34)cn2CC1=O.[H-].[Na+]. The second-order valence-electron chi connectivity index (χ2n) is 5.53. The van der Waals surface area contributed by atoms with Crippen molar-refractivity contribution < 1.29 is 50.5 Å². The predicted octanol–water partition coefficient (Wildman–Crippen LogP) is -2.80. The molecular weight excluding hydrogens is 343 g/mol. The van der Waals surface area contributed by atoms with Crippen molar-refractivity contribution in [3.8, 4) is 0 Å². The van der Waals surface area contributed by atoms with Crippen LogP contribution in [-0.2, 0) is 27.5 Å². The van der Waals surface area contributed by atoms with Crippen LogP contribution in [0.3, 0.4) is 0 Å². The van der Waals surface area contributed by atoms with Gasteiger partial charge in [-0.3, -0.25) is 14.5 Å². The first-order valence-electron chi connectivity index (χ1n) is 6.90. The molecule has 0 aliphatic carbocycles. The Balaban J connectivity index is 0.00000113. The predicted molar refractivity (Wildman–Crippen MR) is 81.7 cm³/mol. The first kappa shape index (κ1) is 17.3. The molecule has 10 heteroatoms. The molecule has 120 valence electrons. The van der Waals surface area contributed by atoms with Gasteiger partial charge in [0.2, 0.25) is 5.91 Å². The number of nitrogens with zero attached hydrogens (tertiary/aromatic N) is 4. The van der Waals surface area contributed by atoms with Gasteiger partial charge in [-0.25, -0.2) is 9.78 Å². The number of rotatable bonds is 2. The molecule has 8 nitrogen and oxygen atoms in total. The average molecular weight is 356 g/mol. The fourth-order valence-electron chi connectivity index (χ4n) is 2.80. The van der Waals surface area contributed by atoms with Crippen LogP contribution in [0.5, 0.6) is 0 Å². The maximum absolute atomic E-state index is 12.2. The molecule has 4 heterocycles. The number of hydrogen-bond acceptors (Lipinski definition) is 5. The fourth-order valence-corrected chi connectivity index (χ4v) is 3.92. The minimum absolute atomic E-state index is 0. The van der Waals surface area contributed by atoms with E-state index in [9.17, 15) is 14.4 Å². The van der Waals surface area contributed by atoms with Crippen LogP contribution in [0.1, 0.15) is 12.9 Å². The van der Waals surface area contributed by atoms with Crippen molar-refractivity contribution >= 4 is 35.6 Å². The van der Waals surface area contributed by atoms with Crippen LogP contribution in [0, 0.1) is 0 Å². The minimum atomic E-state index is -1.11. The molecule has 1 atom stereocenters. The number of carbonyl (C=O) groups is 3. The van der Waals surface area contributed by atoms with E-state index in [1.807, 2.05) is 0 Å². The molecule has 0 aromatic carbocycles. The Labute approximate surface area is 165 Å². The first-order chi connectivity index (χ1) is 11.0. The van der Waals surface area contributed by atoms with Gasteiger partial charge in [0.1, 0.15) is 23.4 Å². The van der Waals surface area contributed by atoms with Crippen molar-refractivity contribution in [2.75, 3.05) is 7.05 Å². The number of β-lactam (4-membered cyclic amide) rings is 1. The number of carbonyl (C=O) groups excluding carboxylic acids is 2. The average Bonchev–Trinajstić information content (AvgIpc) is 3.06. The van der Waals surface area contributed by atoms with Crippen molar-refractivity contribution in [2.24, 2.45) is 0 Å². The molecule has 24 heavy (non-hydrogen) atoms. The van der Waals surface area contributed by atoms with E-state index in [4.69, 9.17) is 5.11 Å². The van der Waals surface area contributed by atoms with Crippen molar-refractivity contribution in [1.82, 2.24) is 19.4 Å². The number of likely N-dealkylation sites (N-methyl/N-ethyl adjacent to an activating group) is 1. The van der Waals surface area contributed by atoms with E-state index in [2.05, 4.69) is 4.98 Å². The zero-order valence-electron chi connectivity index (χ0n) is 14.1. The molecule has 2 amide bonds. The van der Waals surface area contributed by atoms with Gasteiger partial charge in [-0.1, -0.05) is 0 Å². The van der Waals surface area contributed by atoms with E-state index in [1.54, 1.807) is 28.8 Å². The summed E-state index contributed by atoms with van der Waals surface area (Å²) in [5.41, 5.74) is 1.15. The summed E-state index contributed by atoms with van der Waals surface area (Å²) in [5, 5.41) is 10.2. The number of hydrogen-bond donors (Lipinski definition) is 1. The molecule has 1 unspecified atom stereocenters. The van der Waals surface area contributed by atoms with E-state index in [0.717, 1.165) is 5.82 Å². The second kappa shape index (κ2) is 6.07. The Bertz CT molecular complexity index is 837. The maximum atomic E-state index is 12.2. The molecule has 3 aliphatic heterocycles. The van der Waals surface area contributed by atoms with Crippen molar-refractivity contribution in [1.29, 1.82) is 0 Å². The molecule has 0 spiro atoms. The molecule has 1 saturated heterocycles. The van der Waals surface area contributed by atoms with Gasteiger partial charge < -0.3 is 16.0 Å². The van der Waals surface area contributed by atoms with Gasteiger partial charge >= 0.3 is 35.5 Å². The smallest absolute Gasteiger partial charge is 1.00 e. The Kier molecular flexibility index (Phi) is 4.37. The molecule has 1 fully saturated rings. The normalized spacial score (nSPS) is 23.5. The van der Waals surface area contributed by atoms with Crippen LogP contribution in [0.2, 0.25) is 0 Å². The molecular formula is C14H13N4NaO4S. The number of amides is 2. The van der Waals surface area contributed by atoms with Gasteiger partial charge in [0.15, 0.2) is 0 Å². The van der Waals surface area contributed by atoms with E-state index >= 15 is 0 Å². The quantitative estimate of drug-likeness (QED) is 0.349. The van der Waals surface area contributed by atoms with Gasteiger partial charge in [0.25, 0.3) is 5.91 Å². The van der Waals surface area contributed by atoms with Gasteiger partial charge in [0.05, 0.1) is 17.8 Å². The Morgan fingerprint density at radius 1 is 1.46 bits per heavy atom.